The molecule has 0 aliphatic rings. The molecule has 0 heterocycles. The van der Waals surface area contributed by atoms with E-state index in [2.05, 4.69) is 15.2 Å². The predicted octanol–water partition coefficient (Wildman–Crippen LogP) is -0.256. The summed E-state index contributed by atoms with van der Waals surface area (Å²) in [6, 6.07) is 1.87. The number of esters is 2. The third-order valence-electron chi connectivity index (χ3n) is 1.80. The Bertz CT molecular complexity index is 285. The molecule has 7 heteroatoms. The van der Waals surface area contributed by atoms with Gasteiger partial charge in [0.05, 0.1) is 26.2 Å². The van der Waals surface area contributed by atoms with Gasteiger partial charge in [-0.05, 0) is 6.42 Å². The van der Waals surface area contributed by atoms with Crippen molar-refractivity contribution in [3.63, 3.8) is 0 Å². The molecule has 0 aromatic carbocycles. The van der Waals surface area contributed by atoms with Gasteiger partial charge in [-0.1, -0.05) is 0 Å². The van der Waals surface area contributed by atoms with E-state index in [0.29, 0.717) is 0 Å². The number of ether oxygens (including phenoxy) is 2. The Morgan fingerprint density at radius 3 is 2.29 bits per heavy atom. The number of nitrogens with zero attached hydrogens (tertiary/aromatic N) is 1. The third kappa shape index (κ3) is 10.2. The first-order valence-corrected chi connectivity index (χ1v) is 4.74. The Kier molecular flexibility index (Phi) is 12.2. The molecule has 1 unspecified atom stereocenters. The molecule has 0 rings (SSSR count). The Balaban J connectivity index is 0. The minimum absolute atomic E-state index is 0.0592. The number of nitrogens with two attached hydrogens (primary N) is 1. The highest BCUT2D eigenvalue weighted by atomic mass is 16.5. The van der Waals surface area contributed by atoms with E-state index in [0.717, 1.165) is 0 Å². The van der Waals surface area contributed by atoms with Gasteiger partial charge in [0.25, 0.3) is 0 Å². The fraction of sp³-hybridized carbons (Fsp3) is 0.600. The van der Waals surface area contributed by atoms with Crippen molar-refractivity contribution in [3.05, 3.63) is 0 Å². The lowest BCUT2D eigenvalue weighted by Gasteiger charge is -2.09. The van der Waals surface area contributed by atoms with E-state index in [-0.39, 0.29) is 25.7 Å². The van der Waals surface area contributed by atoms with Gasteiger partial charge in [-0.15, -0.1) is 0 Å². The number of primary amides is 1. The first-order chi connectivity index (χ1) is 8.06. The minimum Gasteiger partial charge on any atom is -0.469 e. The molecule has 0 saturated heterocycles. The highest BCUT2D eigenvalue weighted by molar-refractivity contribution is 5.74. The van der Waals surface area contributed by atoms with Crippen LogP contribution >= 0.6 is 0 Å². The normalized spacial score (nSPS) is 9.94. The number of hydrogen-bond acceptors (Lipinski definition) is 6. The van der Waals surface area contributed by atoms with Gasteiger partial charge in [0.1, 0.15) is 0 Å². The molecule has 0 bridgehead atoms. The summed E-state index contributed by atoms with van der Waals surface area (Å²) in [4.78, 5) is 30.4. The summed E-state index contributed by atoms with van der Waals surface area (Å²) in [5, 5.41) is 8.43. The molecule has 0 radical (unpaired) electrons. The van der Waals surface area contributed by atoms with Crippen LogP contribution < -0.4 is 5.73 Å². The van der Waals surface area contributed by atoms with Gasteiger partial charge in [0.2, 0.25) is 6.41 Å². The van der Waals surface area contributed by atoms with Gasteiger partial charge in [-0.3, -0.25) is 14.4 Å². The van der Waals surface area contributed by atoms with Crippen molar-refractivity contribution < 1.29 is 23.9 Å². The summed E-state index contributed by atoms with van der Waals surface area (Å²) >= 11 is 0. The summed E-state index contributed by atoms with van der Waals surface area (Å²) < 4.78 is 8.91. The lowest BCUT2D eigenvalue weighted by molar-refractivity contribution is -0.146. The average Bonchev–Trinajstić information content (AvgIpc) is 2.34. The second kappa shape index (κ2) is 12.0. The van der Waals surface area contributed by atoms with Gasteiger partial charge in [0.15, 0.2) is 0 Å². The van der Waals surface area contributed by atoms with Crippen LogP contribution in [0.5, 0.6) is 0 Å². The molecule has 1 amide bonds. The number of nitriles is 1. The predicted molar refractivity (Wildman–Crippen MR) is 57.2 cm³/mol. The molecular weight excluding hydrogens is 228 g/mol. The van der Waals surface area contributed by atoms with E-state index in [4.69, 9.17) is 10.1 Å². The Morgan fingerprint density at radius 1 is 1.41 bits per heavy atom. The first-order valence-electron chi connectivity index (χ1n) is 4.74. The zero-order valence-electron chi connectivity index (χ0n) is 9.84. The second-order valence-electron chi connectivity index (χ2n) is 2.83. The average molecular weight is 244 g/mol. The van der Waals surface area contributed by atoms with Crippen LogP contribution in [0.1, 0.15) is 19.3 Å². The van der Waals surface area contributed by atoms with E-state index in [1.807, 2.05) is 6.07 Å². The quantitative estimate of drug-likeness (QED) is 0.525. The highest BCUT2D eigenvalue weighted by Gasteiger charge is 2.19. The van der Waals surface area contributed by atoms with Crippen molar-refractivity contribution in [3.8, 4) is 6.07 Å². The largest absolute Gasteiger partial charge is 0.469 e. The third-order valence-corrected chi connectivity index (χ3v) is 1.80. The van der Waals surface area contributed by atoms with Crippen molar-refractivity contribution in [1.82, 2.24) is 0 Å². The monoisotopic (exact) mass is 244 g/mol. The molecule has 0 aromatic rings. The number of carbonyl (C=O) groups excluding carboxylic acids is 3. The van der Waals surface area contributed by atoms with Crippen LogP contribution in [0.4, 0.5) is 0 Å². The molecule has 0 saturated carbocycles. The van der Waals surface area contributed by atoms with E-state index < -0.39 is 17.9 Å². The summed E-state index contributed by atoms with van der Waals surface area (Å²) in [6.07, 6.45) is 0.717. The molecule has 0 aliphatic heterocycles. The Morgan fingerprint density at radius 2 is 1.94 bits per heavy atom. The number of carbonyl (C=O) groups is 3. The van der Waals surface area contributed by atoms with Crippen LogP contribution in [0.25, 0.3) is 0 Å². The Hall–Kier alpha value is -2.10. The molecule has 0 spiro atoms. The summed E-state index contributed by atoms with van der Waals surface area (Å²) in [5.74, 6) is -1.39. The fourth-order valence-corrected chi connectivity index (χ4v) is 0.974. The maximum Gasteiger partial charge on any atom is 0.309 e. The van der Waals surface area contributed by atoms with E-state index >= 15 is 0 Å². The first kappa shape index (κ1) is 17.3. The van der Waals surface area contributed by atoms with Gasteiger partial charge in [-0.25, -0.2) is 0 Å². The zero-order chi connectivity index (χ0) is 13.7. The van der Waals surface area contributed by atoms with E-state index in [9.17, 15) is 9.59 Å². The fourth-order valence-electron chi connectivity index (χ4n) is 0.974. The second-order valence-corrected chi connectivity index (χ2v) is 2.83. The molecular formula is C10H16N2O5. The summed E-state index contributed by atoms with van der Waals surface area (Å²) in [5.41, 5.74) is 4.17. The van der Waals surface area contributed by atoms with Crippen molar-refractivity contribution in [2.45, 2.75) is 19.3 Å². The van der Waals surface area contributed by atoms with Crippen LogP contribution in [0.3, 0.4) is 0 Å². The molecule has 17 heavy (non-hydrogen) atoms. The summed E-state index contributed by atoms with van der Waals surface area (Å²) in [7, 11) is 2.53. The van der Waals surface area contributed by atoms with Crippen LogP contribution in [0.15, 0.2) is 0 Å². The van der Waals surface area contributed by atoms with Crippen molar-refractivity contribution >= 4 is 18.3 Å². The lowest BCUT2D eigenvalue weighted by Crippen LogP contribution is -2.17. The lowest BCUT2D eigenvalue weighted by atomic mass is 10.0. The van der Waals surface area contributed by atoms with Crippen molar-refractivity contribution in [2.75, 3.05) is 14.2 Å². The standard InChI is InChI=1S/C9H13NO4.CH3NO/c1-13-8(11)4-3-7(5-6-10)9(12)14-2;2-1-3/h7H,3-5H2,1-2H3;1H,(H2,2,3). The smallest absolute Gasteiger partial charge is 0.309 e. The van der Waals surface area contributed by atoms with Gasteiger partial charge < -0.3 is 15.2 Å². The van der Waals surface area contributed by atoms with Gasteiger partial charge >= 0.3 is 11.9 Å². The van der Waals surface area contributed by atoms with Crippen molar-refractivity contribution in [2.24, 2.45) is 11.7 Å². The van der Waals surface area contributed by atoms with E-state index in [1.54, 1.807) is 0 Å². The molecule has 0 aromatic heterocycles. The van der Waals surface area contributed by atoms with Crippen molar-refractivity contribution in [1.29, 1.82) is 5.26 Å². The topological polar surface area (TPSA) is 119 Å². The van der Waals surface area contributed by atoms with Gasteiger partial charge in [-0.2, -0.15) is 5.26 Å². The highest BCUT2D eigenvalue weighted by Crippen LogP contribution is 2.12. The van der Waals surface area contributed by atoms with Gasteiger partial charge in [0, 0.05) is 12.8 Å². The molecule has 7 nitrogen and oxygen atoms in total. The molecule has 1 atom stereocenters. The number of hydrogen-bond donors (Lipinski definition) is 1. The molecule has 96 valence electrons. The number of amides is 1. The maximum atomic E-state index is 11.1. The van der Waals surface area contributed by atoms with Crippen LogP contribution in [-0.4, -0.2) is 32.6 Å². The van der Waals surface area contributed by atoms with Crippen LogP contribution in [0, 0.1) is 17.2 Å². The molecule has 0 aliphatic carbocycles. The molecule has 2 N–H and O–H groups in total. The zero-order valence-corrected chi connectivity index (χ0v) is 9.84. The Labute approximate surface area is 99.5 Å². The number of methoxy groups -OCH3 is 2. The summed E-state index contributed by atoms with van der Waals surface area (Å²) in [6.45, 7) is 0. The minimum atomic E-state index is -0.538. The maximum absolute atomic E-state index is 11.1. The SMILES string of the molecule is COC(=O)CCC(CC#N)C(=O)OC.NC=O. The van der Waals surface area contributed by atoms with E-state index in [1.165, 1.54) is 14.2 Å². The number of rotatable bonds is 5. The molecule has 0 fully saturated rings. The van der Waals surface area contributed by atoms with Crippen LogP contribution in [0.2, 0.25) is 0 Å². The van der Waals surface area contributed by atoms with Crippen LogP contribution in [-0.2, 0) is 23.9 Å².